The Labute approximate surface area is 88.5 Å². The summed E-state index contributed by atoms with van der Waals surface area (Å²) in [6.07, 6.45) is 0. The summed E-state index contributed by atoms with van der Waals surface area (Å²) >= 11 is 0. The van der Waals surface area contributed by atoms with Gasteiger partial charge in [0.1, 0.15) is 12.3 Å². The number of carbonyl (C=O) groups is 1. The van der Waals surface area contributed by atoms with Crippen LogP contribution in [0.2, 0.25) is 0 Å². The molecule has 1 aromatic rings. The molecule has 0 fully saturated rings. The Hall–Kier alpha value is -2.02. The quantitative estimate of drug-likeness (QED) is 0.744. The Balaban J connectivity index is 2.34. The zero-order valence-corrected chi connectivity index (χ0v) is 8.49. The van der Waals surface area contributed by atoms with Crippen molar-refractivity contribution < 1.29 is 9.53 Å². The molecular formula is C11H12N2O2. The zero-order valence-electron chi connectivity index (χ0n) is 8.49. The number of nitrogens with one attached hydrogen (secondary N) is 1. The number of nitriles is 1. The lowest BCUT2D eigenvalue weighted by molar-refractivity contribution is -0.122. The minimum absolute atomic E-state index is 0.0100. The van der Waals surface area contributed by atoms with E-state index in [-0.39, 0.29) is 19.1 Å². The van der Waals surface area contributed by atoms with Crippen LogP contribution >= 0.6 is 0 Å². The highest BCUT2D eigenvalue weighted by Gasteiger charge is 2.00. The third-order valence-electron chi connectivity index (χ3n) is 1.76. The lowest BCUT2D eigenvalue weighted by Crippen LogP contribution is -2.28. The number of nitrogens with zero attached hydrogens (tertiary/aromatic N) is 1. The fraction of sp³-hybridized carbons (Fsp3) is 0.273. The van der Waals surface area contributed by atoms with Crippen LogP contribution < -0.4 is 10.1 Å². The van der Waals surface area contributed by atoms with Gasteiger partial charge in [-0.1, -0.05) is 17.7 Å². The Bertz CT molecular complexity index is 365. The molecule has 1 aromatic carbocycles. The van der Waals surface area contributed by atoms with E-state index in [0.717, 1.165) is 5.56 Å². The highest BCUT2D eigenvalue weighted by atomic mass is 16.5. The molecule has 1 N–H and O–H groups in total. The van der Waals surface area contributed by atoms with Crippen LogP contribution in [0, 0.1) is 18.3 Å². The molecule has 0 radical (unpaired) electrons. The number of benzene rings is 1. The second kappa shape index (κ2) is 5.66. The molecular weight excluding hydrogens is 192 g/mol. The summed E-state index contributed by atoms with van der Waals surface area (Å²) in [5, 5.41) is 10.6. The van der Waals surface area contributed by atoms with Gasteiger partial charge < -0.3 is 10.1 Å². The zero-order chi connectivity index (χ0) is 11.1. The van der Waals surface area contributed by atoms with Crippen LogP contribution in [-0.2, 0) is 4.79 Å². The van der Waals surface area contributed by atoms with Gasteiger partial charge in [-0.15, -0.1) is 0 Å². The van der Waals surface area contributed by atoms with Crippen molar-refractivity contribution in [1.29, 1.82) is 5.26 Å². The molecule has 1 amide bonds. The fourth-order valence-corrected chi connectivity index (χ4v) is 0.973. The van der Waals surface area contributed by atoms with E-state index in [0.29, 0.717) is 5.75 Å². The lowest BCUT2D eigenvalue weighted by atomic mass is 10.2. The van der Waals surface area contributed by atoms with Gasteiger partial charge in [0.25, 0.3) is 5.91 Å². The first kappa shape index (κ1) is 11.1. The average Bonchev–Trinajstić information content (AvgIpc) is 2.25. The van der Waals surface area contributed by atoms with Crippen LogP contribution in [0.15, 0.2) is 24.3 Å². The first-order valence-corrected chi connectivity index (χ1v) is 4.55. The van der Waals surface area contributed by atoms with E-state index in [1.54, 1.807) is 12.1 Å². The summed E-state index contributed by atoms with van der Waals surface area (Å²) in [5.74, 6) is 0.352. The van der Waals surface area contributed by atoms with E-state index in [4.69, 9.17) is 10.00 Å². The number of hydrogen-bond donors (Lipinski definition) is 1. The predicted octanol–water partition coefficient (Wildman–Crippen LogP) is 1.01. The van der Waals surface area contributed by atoms with Crippen molar-refractivity contribution in [3.63, 3.8) is 0 Å². The number of hydrogen-bond acceptors (Lipinski definition) is 3. The van der Waals surface area contributed by atoms with Crippen LogP contribution in [0.1, 0.15) is 5.56 Å². The van der Waals surface area contributed by atoms with Crippen LogP contribution in [0.5, 0.6) is 5.75 Å². The number of aryl methyl sites for hydroxylation is 1. The van der Waals surface area contributed by atoms with Gasteiger partial charge in [-0.3, -0.25) is 4.79 Å². The van der Waals surface area contributed by atoms with Crippen molar-refractivity contribution in [3.05, 3.63) is 29.8 Å². The molecule has 0 unspecified atom stereocenters. The van der Waals surface area contributed by atoms with E-state index in [9.17, 15) is 4.79 Å². The highest BCUT2D eigenvalue weighted by molar-refractivity contribution is 5.77. The maximum Gasteiger partial charge on any atom is 0.258 e. The van der Waals surface area contributed by atoms with E-state index in [2.05, 4.69) is 5.32 Å². The highest BCUT2D eigenvalue weighted by Crippen LogP contribution is 2.10. The molecule has 0 aliphatic heterocycles. The van der Waals surface area contributed by atoms with E-state index >= 15 is 0 Å². The lowest BCUT2D eigenvalue weighted by Gasteiger charge is -2.05. The minimum atomic E-state index is -0.294. The molecule has 0 saturated carbocycles. The maximum atomic E-state index is 11.1. The number of amides is 1. The number of carbonyl (C=O) groups excluding carboxylic acids is 1. The first-order valence-electron chi connectivity index (χ1n) is 4.55. The van der Waals surface area contributed by atoms with Crippen molar-refractivity contribution in [3.8, 4) is 11.8 Å². The molecule has 78 valence electrons. The van der Waals surface area contributed by atoms with E-state index in [1.165, 1.54) is 0 Å². The third-order valence-corrected chi connectivity index (χ3v) is 1.76. The Morgan fingerprint density at radius 3 is 2.73 bits per heavy atom. The summed E-state index contributed by atoms with van der Waals surface area (Å²) in [6, 6.07) is 9.22. The molecule has 0 spiro atoms. The second-order valence-corrected chi connectivity index (χ2v) is 3.04. The predicted molar refractivity (Wildman–Crippen MR) is 55.3 cm³/mol. The number of rotatable bonds is 4. The van der Waals surface area contributed by atoms with Gasteiger partial charge in [0.15, 0.2) is 6.61 Å². The average molecular weight is 204 g/mol. The third kappa shape index (κ3) is 4.14. The minimum Gasteiger partial charge on any atom is -0.484 e. The smallest absolute Gasteiger partial charge is 0.258 e. The SMILES string of the molecule is Cc1ccc(OCC(=O)NCC#N)cc1. The van der Waals surface area contributed by atoms with Crippen molar-refractivity contribution >= 4 is 5.91 Å². The van der Waals surface area contributed by atoms with Gasteiger partial charge in [-0.25, -0.2) is 0 Å². The normalized spacial score (nSPS) is 9.07. The molecule has 0 aliphatic rings. The van der Waals surface area contributed by atoms with Gasteiger partial charge in [0.2, 0.25) is 0 Å². The second-order valence-electron chi connectivity index (χ2n) is 3.04. The van der Waals surface area contributed by atoms with Crippen molar-refractivity contribution in [2.45, 2.75) is 6.92 Å². The van der Waals surface area contributed by atoms with Gasteiger partial charge in [0.05, 0.1) is 6.07 Å². The van der Waals surface area contributed by atoms with E-state index < -0.39 is 0 Å². The monoisotopic (exact) mass is 204 g/mol. The largest absolute Gasteiger partial charge is 0.484 e. The molecule has 4 nitrogen and oxygen atoms in total. The molecule has 0 bridgehead atoms. The molecule has 0 aromatic heterocycles. The van der Waals surface area contributed by atoms with E-state index in [1.807, 2.05) is 25.1 Å². The summed E-state index contributed by atoms with van der Waals surface area (Å²) < 4.78 is 5.20. The van der Waals surface area contributed by atoms with Crippen LogP contribution in [0.3, 0.4) is 0 Å². The molecule has 0 heterocycles. The Morgan fingerprint density at radius 2 is 2.13 bits per heavy atom. The van der Waals surface area contributed by atoms with Crippen LogP contribution in [-0.4, -0.2) is 19.1 Å². The van der Waals surface area contributed by atoms with Gasteiger partial charge in [-0.2, -0.15) is 5.26 Å². The summed E-state index contributed by atoms with van der Waals surface area (Å²) in [4.78, 5) is 11.1. The van der Waals surface area contributed by atoms with Gasteiger partial charge in [-0.05, 0) is 19.1 Å². The summed E-state index contributed by atoms with van der Waals surface area (Å²) in [5.41, 5.74) is 1.14. The molecule has 15 heavy (non-hydrogen) atoms. The molecule has 1 rings (SSSR count). The summed E-state index contributed by atoms with van der Waals surface area (Å²) in [7, 11) is 0. The topological polar surface area (TPSA) is 62.1 Å². The van der Waals surface area contributed by atoms with Crippen LogP contribution in [0.25, 0.3) is 0 Å². The number of ether oxygens (including phenoxy) is 1. The Morgan fingerprint density at radius 1 is 1.47 bits per heavy atom. The standard InChI is InChI=1S/C11H12N2O2/c1-9-2-4-10(5-3-9)15-8-11(14)13-7-6-12/h2-5H,7-8H2,1H3,(H,13,14). The maximum absolute atomic E-state index is 11.1. The molecule has 0 atom stereocenters. The fourth-order valence-electron chi connectivity index (χ4n) is 0.973. The molecule has 4 heteroatoms. The Kier molecular flexibility index (Phi) is 4.17. The molecule has 0 aliphatic carbocycles. The van der Waals surface area contributed by atoms with Gasteiger partial charge in [0, 0.05) is 0 Å². The first-order chi connectivity index (χ1) is 7.22. The van der Waals surface area contributed by atoms with Crippen LogP contribution in [0.4, 0.5) is 0 Å². The summed E-state index contributed by atoms with van der Waals surface area (Å²) in [6.45, 7) is 1.92. The molecule has 0 saturated heterocycles. The van der Waals surface area contributed by atoms with Crippen molar-refractivity contribution in [2.75, 3.05) is 13.2 Å². The van der Waals surface area contributed by atoms with Gasteiger partial charge >= 0.3 is 0 Å². The van der Waals surface area contributed by atoms with Crippen molar-refractivity contribution in [1.82, 2.24) is 5.32 Å². The van der Waals surface area contributed by atoms with Crippen molar-refractivity contribution in [2.24, 2.45) is 0 Å².